The Hall–Kier alpha value is -2.46. The summed E-state index contributed by atoms with van der Waals surface area (Å²) in [5, 5.41) is 2.18. The van der Waals surface area contributed by atoms with Gasteiger partial charge in [-0.25, -0.2) is 4.98 Å². The van der Waals surface area contributed by atoms with Gasteiger partial charge in [0.1, 0.15) is 5.75 Å². The Morgan fingerprint density at radius 3 is 2.62 bits per heavy atom. The third-order valence-corrected chi connectivity index (χ3v) is 3.44. The molecule has 0 saturated heterocycles. The molecule has 5 heteroatoms. The average Bonchev–Trinajstić information content (AvgIpc) is 2.50. The molecule has 0 spiro atoms. The lowest BCUT2D eigenvalue weighted by Crippen LogP contribution is -1.95. The number of hydrogen-bond acceptors (Lipinski definition) is 4. The fourth-order valence-corrected chi connectivity index (χ4v) is 2.36. The van der Waals surface area contributed by atoms with E-state index in [1.165, 1.54) is 0 Å². The van der Waals surface area contributed by atoms with E-state index in [9.17, 15) is 0 Å². The van der Waals surface area contributed by atoms with Crippen LogP contribution in [0.25, 0.3) is 10.8 Å². The third-order valence-electron chi connectivity index (χ3n) is 3.15. The van der Waals surface area contributed by atoms with Crippen molar-refractivity contribution in [3.63, 3.8) is 0 Å². The predicted octanol–water partition coefficient (Wildman–Crippen LogP) is 4.27. The van der Waals surface area contributed by atoms with Gasteiger partial charge >= 0.3 is 0 Å². The van der Waals surface area contributed by atoms with Crippen LogP contribution in [0.3, 0.4) is 0 Å². The molecule has 3 rings (SSSR count). The van der Waals surface area contributed by atoms with Crippen LogP contribution < -0.4 is 15.2 Å². The van der Waals surface area contributed by atoms with Gasteiger partial charge < -0.3 is 15.2 Å². The van der Waals surface area contributed by atoms with Crippen LogP contribution in [-0.2, 0) is 0 Å². The lowest BCUT2D eigenvalue weighted by atomic mass is 10.1. The Kier molecular flexibility index (Phi) is 3.54. The molecule has 2 N–H and O–H groups in total. The van der Waals surface area contributed by atoms with Gasteiger partial charge in [-0.3, -0.25) is 0 Å². The van der Waals surface area contributed by atoms with Crippen molar-refractivity contribution in [2.45, 2.75) is 0 Å². The highest BCUT2D eigenvalue weighted by molar-refractivity contribution is 6.32. The molecule has 1 aromatic heterocycles. The number of rotatable bonds is 3. The maximum Gasteiger partial charge on any atom is 0.227 e. The van der Waals surface area contributed by atoms with Gasteiger partial charge in [0.2, 0.25) is 5.88 Å². The van der Waals surface area contributed by atoms with Crippen molar-refractivity contribution >= 4 is 28.1 Å². The number of halogens is 1. The predicted molar refractivity (Wildman–Crippen MR) is 84.2 cm³/mol. The molecule has 0 atom stereocenters. The topological polar surface area (TPSA) is 57.4 Å². The van der Waals surface area contributed by atoms with E-state index in [4.69, 9.17) is 26.8 Å². The van der Waals surface area contributed by atoms with Gasteiger partial charge in [-0.1, -0.05) is 23.7 Å². The Bertz CT molecular complexity index is 785. The number of nitrogens with two attached hydrogens (primary N) is 1. The number of benzene rings is 2. The quantitative estimate of drug-likeness (QED) is 0.734. The van der Waals surface area contributed by atoms with Crippen molar-refractivity contribution in [3.8, 4) is 17.4 Å². The van der Waals surface area contributed by atoms with E-state index in [0.717, 1.165) is 16.5 Å². The zero-order valence-electron chi connectivity index (χ0n) is 11.3. The van der Waals surface area contributed by atoms with Crippen molar-refractivity contribution in [3.05, 3.63) is 53.7 Å². The summed E-state index contributed by atoms with van der Waals surface area (Å²) in [4.78, 5) is 4.27. The summed E-state index contributed by atoms with van der Waals surface area (Å²) in [5.41, 5.74) is 6.37. The first-order valence-electron chi connectivity index (χ1n) is 6.34. The number of nitrogens with zero attached hydrogens (tertiary/aromatic N) is 1. The lowest BCUT2D eigenvalue weighted by molar-refractivity contribution is 0.419. The number of fused-ring (bicyclic) bond motifs is 1. The molecule has 4 nitrogen and oxygen atoms in total. The van der Waals surface area contributed by atoms with E-state index in [1.54, 1.807) is 31.5 Å². The molecular formula is C16H13ClN2O2. The number of para-hydroxylation sites is 1. The van der Waals surface area contributed by atoms with Crippen molar-refractivity contribution in [2.75, 3.05) is 12.8 Å². The lowest BCUT2D eigenvalue weighted by Gasteiger charge is -2.12. The first-order chi connectivity index (χ1) is 10.2. The standard InChI is InChI=1S/C16H13ClN2O2/c1-20-14-7-2-4-11-10(14)8-9-19-16(11)21-15-12(17)5-3-6-13(15)18/h2-9H,18H2,1H3. The first kappa shape index (κ1) is 13.5. The number of ether oxygens (including phenoxy) is 2. The summed E-state index contributed by atoms with van der Waals surface area (Å²) in [6.07, 6.45) is 1.66. The van der Waals surface area contributed by atoms with Gasteiger partial charge in [-0.15, -0.1) is 0 Å². The molecule has 0 saturated carbocycles. The maximum absolute atomic E-state index is 6.13. The van der Waals surface area contributed by atoms with Crippen LogP contribution in [-0.4, -0.2) is 12.1 Å². The van der Waals surface area contributed by atoms with Gasteiger partial charge in [0.25, 0.3) is 0 Å². The zero-order chi connectivity index (χ0) is 14.8. The SMILES string of the molecule is COc1cccc2c(Oc3c(N)cccc3Cl)nccc12. The van der Waals surface area contributed by atoms with E-state index in [2.05, 4.69) is 4.98 Å². The molecule has 0 aliphatic rings. The summed E-state index contributed by atoms with van der Waals surface area (Å²) < 4.78 is 11.2. The van der Waals surface area contributed by atoms with Gasteiger partial charge in [-0.2, -0.15) is 0 Å². The van der Waals surface area contributed by atoms with Crippen LogP contribution in [0.2, 0.25) is 5.02 Å². The minimum atomic E-state index is 0.405. The molecule has 0 fully saturated rings. The van der Waals surface area contributed by atoms with Crippen LogP contribution in [0, 0.1) is 0 Å². The minimum Gasteiger partial charge on any atom is -0.496 e. The van der Waals surface area contributed by atoms with Crippen molar-refractivity contribution < 1.29 is 9.47 Å². The number of pyridine rings is 1. The first-order valence-corrected chi connectivity index (χ1v) is 6.72. The Morgan fingerprint density at radius 2 is 1.86 bits per heavy atom. The third kappa shape index (κ3) is 2.45. The van der Waals surface area contributed by atoms with Gasteiger partial charge in [0, 0.05) is 17.0 Å². The summed E-state index contributed by atoms with van der Waals surface area (Å²) in [5.74, 6) is 1.60. The van der Waals surface area contributed by atoms with E-state index in [1.807, 2.05) is 24.3 Å². The van der Waals surface area contributed by atoms with Crippen molar-refractivity contribution in [1.29, 1.82) is 0 Å². The average molecular weight is 301 g/mol. The van der Waals surface area contributed by atoms with Crippen LogP contribution in [0.5, 0.6) is 17.4 Å². The van der Waals surface area contributed by atoms with Crippen LogP contribution in [0.4, 0.5) is 5.69 Å². The Morgan fingerprint density at radius 1 is 1.05 bits per heavy atom. The second-order valence-electron chi connectivity index (χ2n) is 4.43. The summed E-state index contributed by atoms with van der Waals surface area (Å²) in [7, 11) is 1.63. The van der Waals surface area contributed by atoms with Gasteiger partial charge in [0.15, 0.2) is 5.75 Å². The fourth-order valence-electron chi connectivity index (χ4n) is 2.14. The summed E-state index contributed by atoms with van der Waals surface area (Å²) >= 11 is 6.13. The maximum atomic E-state index is 6.13. The van der Waals surface area contributed by atoms with Crippen molar-refractivity contribution in [2.24, 2.45) is 0 Å². The molecule has 21 heavy (non-hydrogen) atoms. The van der Waals surface area contributed by atoms with E-state index in [-0.39, 0.29) is 0 Å². The van der Waals surface area contributed by atoms with Crippen LogP contribution in [0.15, 0.2) is 48.7 Å². The highest BCUT2D eigenvalue weighted by Crippen LogP contribution is 2.37. The molecule has 0 radical (unpaired) electrons. The van der Waals surface area contributed by atoms with E-state index >= 15 is 0 Å². The molecule has 0 bridgehead atoms. The molecule has 0 aliphatic heterocycles. The van der Waals surface area contributed by atoms with Crippen LogP contribution in [0.1, 0.15) is 0 Å². The molecule has 0 unspecified atom stereocenters. The summed E-state index contributed by atoms with van der Waals surface area (Å²) in [6, 6.07) is 12.8. The molecule has 106 valence electrons. The molecule has 3 aromatic rings. The largest absolute Gasteiger partial charge is 0.496 e. The monoisotopic (exact) mass is 300 g/mol. The number of nitrogen functional groups attached to an aromatic ring is 1. The molecule has 1 heterocycles. The molecule has 0 amide bonds. The Balaban J connectivity index is 2.13. The Labute approximate surface area is 127 Å². The number of methoxy groups -OCH3 is 1. The highest BCUT2D eigenvalue weighted by atomic mass is 35.5. The van der Waals surface area contributed by atoms with E-state index in [0.29, 0.717) is 22.3 Å². The zero-order valence-corrected chi connectivity index (χ0v) is 12.1. The second kappa shape index (κ2) is 5.50. The fraction of sp³-hybridized carbons (Fsp3) is 0.0625. The van der Waals surface area contributed by atoms with Crippen molar-refractivity contribution in [1.82, 2.24) is 4.98 Å². The summed E-state index contributed by atoms with van der Waals surface area (Å²) in [6.45, 7) is 0. The number of anilines is 1. The normalized spacial score (nSPS) is 10.6. The van der Waals surface area contributed by atoms with Crippen LogP contribution >= 0.6 is 11.6 Å². The number of hydrogen-bond donors (Lipinski definition) is 1. The molecule has 0 aliphatic carbocycles. The highest BCUT2D eigenvalue weighted by Gasteiger charge is 2.12. The molecular weight excluding hydrogens is 288 g/mol. The van der Waals surface area contributed by atoms with Gasteiger partial charge in [-0.05, 0) is 30.3 Å². The smallest absolute Gasteiger partial charge is 0.227 e. The molecule has 2 aromatic carbocycles. The van der Waals surface area contributed by atoms with E-state index < -0.39 is 0 Å². The second-order valence-corrected chi connectivity index (χ2v) is 4.84. The minimum absolute atomic E-state index is 0.405. The van der Waals surface area contributed by atoms with Gasteiger partial charge in [0.05, 0.1) is 17.8 Å². The number of aromatic nitrogens is 1.